The number of hydrogen-bond acceptors (Lipinski definition) is 2. The third kappa shape index (κ3) is 3.14. The number of benzene rings is 1. The molecule has 1 aromatic carbocycles. The van der Waals surface area contributed by atoms with Gasteiger partial charge in [-0.3, -0.25) is 0 Å². The van der Waals surface area contributed by atoms with Gasteiger partial charge in [0.15, 0.2) is 0 Å². The van der Waals surface area contributed by atoms with Crippen LogP contribution in [0.1, 0.15) is 12.8 Å². The fourth-order valence-corrected chi connectivity index (χ4v) is 4.46. The first-order chi connectivity index (χ1) is 8.80. The molecule has 0 N–H and O–H groups in total. The Morgan fingerprint density at radius 3 is 2.53 bits per heavy atom. The zero-order chi connectivity index (χ0) is 14.2. The number of sulfonamides is 1. The van der Waals surface area contributed by atoms with Gasteiger partial charge in [0.1, 0.15) is 16.5 Å². The molecule has 1 aliphatic carbocycles. The van der Waals surface area contributed by atoms with Crippen LogP contribution in [-0.2, 0) is 10.0 Å². The molecule has 0 atom stereocenters. The van der Waals surface area contributed by atoms with Gasteiger partial charge in [-0.2, -0.15) is 0 Å². The van der Waals surface area contributed by atoms with Crippen LogP contribution in [0.5, 0.6) is 0 Å². The van der Waals surface area contributed by atoms with Crippen LogP contribution in [0.2, 0.25) is 0 Å². The van der Waals surface area contributed by atoms with Gasteiger partial charge in [0.05, 0.1) is 0 Å². The molecule has 3 nitrogen and oxygen atoms in total. The SMILES string of the molecule is CN(CC1CC(Br)C1)S(=O)(=O)c1ccc(F)cc1F. The quantitative estimate of drug-likeness (QED) is 0.780. The van der Waals surface area contributed by atoms with Crippen LogP contribution in [0.3, 0.4) is 0 Å². The average molecular weight is 354 g/mol. The third-order valence-corrected chi connectivity index (χ3v) is 5.88. The van der Waals surface area contributed by atoms with Crippen molar-refractivity contribution >= 4 is 26.0 Å². The van der Waals surface area contributed by atoms with E-state index in [2.05, 4.69) is 15.9 Å². The second-order valence-electron chi connectivity index (χ2n) is 4.79. The van der Waals surface area contributed by atoms with E-state index in [-0.39, 0.29) is 5.92 Å². The Labute approximate surface area is 119 Å². The summed E-state index contributed by atoms with van der Waals surface area (Å²) in [6.45, 7) is 0.348. The Balaban J connectivity index is 2.16. The molecule has 0 heterocycles. The van der Waals surface area contributed by atoms with Crippen molar-refractivity contribution in [1.82, 2.24) is 4.31 Å². The lowest BCUT2D eigenvalue weighted by atomic mass is 9.85. The van der Waals surface area contributed by atoms with Crippen molar-refractivity contribution in [2.75, 3.05) is 13.6 Å². The van der Waals surface area contributed by atoms with Gasteiger partial charge < -0.3 is 0 Å². The molecule has 0 spiro atoms. The number of hydrogen-bond donors (Lipinski definition) is 0. The summed E-state index contributed by atoms with van der Waals surface area (Å²) in [6, 6.07) is 2.49. The third-order valence-electron chi connectivity index (χ3n) is 3.28. The molecule has 0 aliphatic heterocycles. The summed E-state index contributed by atoms with van der Waals surface area (Å²) in [6.07, 6.45) is 1.82. The molecule has 1 fully saturated rings. The van der Waals surface area contributed by atoms with Gasteiger partial charge in [-0.1, -0.05) is 15.9 Å². The lowest BCUT2D eigenvalue weighted by Crippen LogP contribution is -2.38. The minimum Gasteiger partial charge on any atom is -0.207 e. The van der Waals surface area contributed by atoms with Crippen LogP contribution >= 0.6 is 15.9 Å². The van der Waals surface area contributed by atoms with E-state index in [0.717, 1.165) is 29.3 Å². The maximum Gasteiger partial charge on any atom is 0.245 e. The molecular weight excluding hydrogens is 340 g/mol. The summed E-state index contributed by atoms with van der Waals surface area (Å²) >= 11 is 3.44. The van der Waals surface area contributed by atoms with E-state index in [1.54, 1.807) is 0 Å². The Morgan fingerprint density at radius 1 is 1.37 bits per heavy atom. The monoisotopic (exact) mass is 353 g/mol. The van der Waals surface area contributed by atoms with Gasteiger partial charge >= 0.3 is 0 Å². The normalized spacial score (nSPS) is 23.4. The molecule has 0 saturated heterocycles. The van der Waals surface area contributed by atoms with Crippen molar-refractivity contribution < 1.29 is 17.2 Å². The van der Waals surface area contributed by atoms with E-state index in [1.807, 2.05) is 0 Å². The maximum atomic E-state index is 13.5. The van der Waals surface area contributed by atoms with E-state index in [1.165, 1.54) is 7.05 Å². The van der Waals surface area contributed by atoms with Crippen molar-refractivity contribution in [2.45, 2.75) is 22.6 Å². The lowest BCUT2D eigenvalue weighted by Gasteiger charge is -2.34. The molecule has 19 heavy (non-hydrogen) atoms. The van der Waals surface area contributed by atoms with E-state index < -0.39 is 26.6 Å². The van der Waals surface area contributed by atoms with Crippen molar-refractivity contribution in [2.24, 2.45) is 5.92 Å². The number of alkyl halides is 1. The summed E-state index contributed by atoms with van der Waals surface area (Å²) in [4.78, 5) is -0.0396. The van der Waals surface area contributed by atoms with Crippen molar-refractivity contribution in [3.63, 3.8) is 0 Å². The zero-order valence-electron chi connectivity index (χ0n) is 10.3. The molecule has 106 valence electrons. The van der Waals surface area contributed by atoms with Crippen molar-refractivity contribution in [3.8, 4) is 0 Å². The van der Waals surface area contributed by atoms with Crippen LogP contribution in [-0.4, -0.2) is 31.1 Å². The highest BCUT2D eigenvalue weighted by Gasteiger charge is 2.32. The molecule has 0 bridgehead atoms. The van der Waals surface area contributed by atoms with Gasteiger partial charge in [-0.05, 0) is 30.9 Å². The molecule has 1 aromatic rings. The average Bonchev–Trinajstić information content (AvgIpc) is 2.26. The van der Waals surface area contributed by atoms with Gasteiger partial charge in [0.2, 0.25) is 10.0 Å². The second kappa shape index (κ2) is 5.46. The summed E-state index contributed by atoms with van der Waals surface area (Å²) in [7, 11) is -2.48. The highest BCUT2D eigenvalue weighted by Crippen LogP contribution is 2.34. The molecule has 0 radical (unpaired) electrons. The Kier molecular flexibility index (Phi) is 4.27. The van der Waals surface area contributed by atoms with Crippen LogP contribution in [0.25, 0.3) is 0 Å². The molecule has 0 unspecified atom stereocenters. The summed E-state index contributed by atoms with van der Waals surface area (Å²) in [5.74, 6) is -1.56. The predicted octanol–water partition coefficient (Wildman–Crippen LogP) is 2.76. The molecule has 1 saturated carbocycles. The first kappa shape index (κ1) is 14.9. The highest BCUT2D eigenvalue weighted by atomic mass is 79.9. The topological polar surface area (TPSA) is 37.4 Å². The maximum absolute atomic E-state index is 13.5. The lowest BCUT2D eigenvalue weighted by molar-refractivity contribution is 0.275. The zero-order valence-corrected chi connectivity index (χ0v) is 12.7. The van der Waals surface area contributed by atoms with E-state index in [4.69, 9.17) is 0 Å². The predicted molar refractivity (Wildman–Crippen MR) is 71.6 cm³/mol. The summed E-state index contributed by atoms with van der Waals surface area (Å²) < 4.78 is 51.8. The summed E-state index contributed by atoms with van der Waals surface area (Å²) in [5.41, 5.74) is 0. The minimum absolute atomic E-state index is 0.285. The number of nitrogens with zero attached hydrogens (tertiary/aromatic N) is 1. The van der Waals surface area contributed by atoms with Crippen molar-refractivity contribution in [1.29, 1.82) is 0 Å². The van der Waals surface area contributed by atoms with E-state index in [0.29, 0.717) is 17.4 Å². The van der Waals surface area contributed by atoms with Crippen LogP contribution < -0.4 is 0 Å². The van der Waals surface area contributed by atoms with Gasteiger partial charge in [-0.25, -0.2) is 21.5 Å². The first-order valence-electron chi connectivity index (χ1n) is 5.86. The standard InChI is InChI=1S/C12H14BrF2NO2S/c1-16(7-8-4-9(13)5-8)19(17,18)12-3-2-10(14)6-11(12)15/h2-3,6,8-9H,4-5,7H2,1H3. The van der Waals surface area contributed by atoms with Crippen LogP contribution in [0.4, 0.5) is 8.78 Å². The molecule has 1 aliphatic rings. The summed E-state index contributed by atoms with van der Waals surface area (Å²) in [5, 5.41) is 0. The van der Waals surface area contributed by atoms with Crippen LogP contribution in [0, 0.1) is 17.6 Å². The van der Waals surface area contributed by atoms with Crippen LogP contribution in [0.15, 0.2) is 23.1 Å². The Morgan fingerprint density at radius 2 is 2.00 bits per heavy atom. The van der Waals surface area contributed by atoms with Crippen molar-refractivity contribution in [3.05, 3.63) is 29.8 Å². The number of halogens is 3. The second-order valence-corrected chi connectivity index (χ2v) is 8.10. The smallest absolute Gasteiger partial charge is 0.207 e. The van der Waals surface area contributed by atoms with Gasteiger partial charge in [0, 0.05) is 24.5 Å². The highest BCUT2D eigenvalue weighted by molar-refractivity contribution is 9.09. The van der Waals surface area contributed by atoms with Gasteiger partial charge in [0.25, 0.3) is 0 Å². The first-order valence-corrected chi connectivity index (χ1v) is 8.21. The molecule has 2 rings (SSSR count). The van der Waals surface area contributed by atoms with E-state index >= 15 is 0 Å². The van der Waals surface area contributed by atoms with Gasteiger partial charge in [-0.15, -0.1) is 0 Å². The molecule has 0 aromatic heterocycles. The Hall–Kier alpha value is -0.530. The Bertz CT molecular complexity index is 573. The fourth-order valence-electron chi connectivity index (χ4n) is 2.12. The minimum atomic E-state index is -3.90. The number of rotatable bonds is 4. The molecular formula is C12H14BrF2NO2S. The van der Waals surface area contributed by atoms with E-state index in [9.17, 15) is 17.2 Å². The fraction of sp³-hybridized carbons (Fsp3) is 0.500. The molecule has 7 heteroatoms. The largest absolute Gasteiger partial charge is 0.245 e. The molecule has 0 amide bonds.